The monoisotopic (exact) mass is 477 g/mol. The molecule has 1 heterocycles. The molecule has 0 amide bonds. The van der Waals surface area contributed by atoms with Crippen LogP contribution in [0.2, 0.25) is 0 Å². The molecule has 0 aliphatic carbocycles. The van der Waals surface area contributed by atoms with E-state index < -0.39 is 0 Å². The molecule has 0 saturated heterocycles. The number of benzene rings is 2. The Bertz CT molecular complexity index is 1050. The van der Waals surface area contributed by atoms with Crippen LogP contribution < -0.4 is 15.0 Å². The molecule has 0 radical (unpaired) electrons. The fraction of sp³-hybridized carbons (Fsp3) is 0.333. The standard InChI is InChI=1S/C21H27N5O4S2/c1-5-9-26(10-6-2)17-13-20(32-30-29-27)16(12-18(17)28-4)24-25-21-23-15-8-7-14(22-3)11-19(15)31-21/h7-8,11-13,27H,3,5-6,9-10,22H2,1-2,4H3. The first-order valence-electron chi connectivity index (χ1n) is 10.2. The molecule has 9 nitrogen and oxygen atoms in total. The molecule has 0 bridgehead atoms. The summed E-state index contributed by atoms with van der Waals surface area (Å²) in [7, 11) is 5.42. The summed E-state index contributed by atoms with van der Waals surface area (Å²) in [5.74, 6) is 0.676. The fourth-order valence-electron chi connectivity index (χ4n) is 3.23. The molecule has 32 heavy (non-hydrogen) atoms. The zero-order valence-electron chi connectivity index (χ0n) is 18.3. The van der Waals surface area contributed by atoms with Gasteiger partial charge in [0.05, 0.1) is 40.0 Å². The number of ether oxygens (including phenoxy) is 1. The first kappa shape index (κ1) is 24.4. The van der Waals surface area contributed by atoms with Crippen LogP contribution in [0.15, 0.2) is 45.5 Å². The number of hydrogen-bond donors (Lipinski definition) is 2. The van der Waals surface area contributed by atoms with Gasteiger partial charge in [-0.05, 0) is 31.0 Å². The third-order valence-electron chi connectivity index (χ3n) is 4.62. The van der Waals surface area contributed by atoms with Crippen LogP contribution in [0, 0.1) is 7.05 Å². The number of thiazole rings is 1. The molecule has 0 atom stereocenters. The lowest BCUT2D eigenvalue weighted by Gasteiger charge is -2.26. The summed E-state index contributed by atoms with van der Waals surface area (Å²) < 4.78 is 11.4. The van der Waals surface area contributed by atoms with Crippen LogP contribution in [0.3, 0.4) is 0 Å². The minimum Gasteiger partial charge on any atom is -0.495 e. The molecular weight excluding hydrogens is 450 g/mol. The van der Waals surface area contributed by atoms with Gasteiger partial charge in [0.1, 0.15) is 17.1 Å². The molecule has 0 fully saturated rings. The van der Waals surface area contributed by atoms with Crippen molar-refractivity contribution < 1.29 is 24.7 Å². The first-order valence-corrected chi connectivity index (χ1v) is 11.8. The van der Waals surface area contributed by atoms with E-state index in [0.29, 0.717) is 21.5 Å². The lowest BCUT2D eigenvalue weighted by molar-refractivity contribution is -0.504. The van der Waals surface area contributed by atoms with Gasteiger partial charge in [-0.2, -0.15) is 0 Å². The topological polar surface area (TPSA) is 105 Å². The Hall–Kier alpha value is -2.28. The van der Waals surface area contributed by atoms with Crippen LogP contribution in [0.5, 0.6) is 5.75 Å². The summed E-state index contributed by atoms with van der Waals surface area (Å²) in [6.07, 6.45) is 1.99. The Kier molecular flexibility index (Phi) is 9.21. The quantitative estimate of drug-likeness (QED) is 0.0853. The van der Waals surface area contributed by atoms with E-state index in [0.717, 1.165) is 59.6 Å². The molecule has 2 aromatic carbocycles. The largest absolute Gasteiger partial charge is 0.495 e. The molecule has 1 aromatic heterocycles. The van der Waals surface area contributed by atoms with E-state index in [1.807, 2.05) is 24.3 Å². The van der Waals surface area contributed by atoms with Crippen molar-refractivity contribution in [3.63, 3.8) is 0 Å². The van der Waals surface area contributed by atoms with Crippen molar-refractivity contribution in [3.8, 4) is 5.75 Å². The van der Waals surface area contributed by atoms with Crippen molar-refractivity contribution in [1.82, 2.24) is 4.98 Å². The van der Waals surface area contributed by atoms with Crippen molar-refractivity contribution in [2.45, 2.75) is 31.6 Å². The number of aromatic nitrogens is 1. The smallest absolute Gasteiger partial charge is 0.231 e. The third-order valence-corrected chi connectivity index (χ3v) is 6.16. The highest BCUT2D eigenvalue weighted by Crippen LogP contribution is 2.42. The number of nitrogens with zero attached hydrogens (tertiary/aromatic N) is 4. The number of quaternary nitrogens is 1. The molecule has 0 aliphatic heterocycles. The Labute approximate surface area is 195 Å². The van der Waals surface area contributed by atoms with Gasteiger partial charge in [-0.15, -0.1) is 21.6 Å². The number of nitrogens with two attached hydrogens (primary N) is 1. The van der Waals surface area contributed by atoms with Crippen LogP contribution in [0.1, 0.15) is 26.7 Å². The first-order chi connectivity index (χ1) is 15.6. The van der Waals surface area contributed by atoms with Crippen LogP contribution in [0.25, 0.3) is 10.2 Å². The predicted octanol–water partition coefficient (Wildman–Crippen LogP) is 5.76. The van der Waals surface area contributed by atoms with E-state index >= 15 is 0 Å². The maximum absolute atomic E-state index is 8.65. The normalized spacial score (nSPS) is 11.5. The summed E-state index contributed by atoms with van der Waals surface area (Å²) >= 11 is 2.28. The number of rotatable bonds is 12. The van der Waals surface area contributed by atoms with Gasteiger partial charge in [-0.25, -0.2) is 10.2 Å². The van der Waals surface area contributed by atoms with Crippen molar-refractivity contribution in [2.75, 3.05) is 25.1 Å². The Balaban J connectivity index is 1.98. The minimum absolute atomic E-state index is 0.506. The molecule has 11 heteroatoms. The highest BCUT2D eigenvalue weighted by molar-refractivity contribution is 7.94. The van der Waals surface area contributed by atoms with E-state index in [4.69, 9.17) is 14.3 Å². The fourth-order valence-corrected chi connectivity index (χ4v) is 4.52. The number of anilines is 1. The molecule has 3 N–H and O–H groups in total. The maximum atomic E-state index is 8.65. The molecular formula is C21H27N5O4S2. The second-order valence-electron chi connectivity index (χ2n) is 6.83. The van der Waals surface area contributed by atoms with E-state index in [1.165, 1.54) is 11.3 Å². The molecule has 3 rings (SSSR count). The Morgan fingerprint density at radius 3 is 2.62 bits per heavy atom. The van der Waals surface area contributed by atoms with Gasteiger partial charge < -0.3 is 15.0 Å². The summed E-state index contributed by atoms with van der Waals surface area (Å²) in [4.78, 5) is 7.37. The summed E-state index contributed by atoms with van der Waals surface area (Å²) in [5.41, 5.74) is 3.29. The van der Waals surface area contributed by atoms with E-state index in [1.54, 1.807) is 18.5 Å². The van der Waals surface area contributed by atoms with E-state index in [9.17, 15) is 0 Å². The minimum atomic E-state index is 0.506. The Morgan fingerprint density at radius 2 is 1.97 bits per heavy atom. The van der Waals surface area contributed by atoms with Gasteiger partial charge in [0.25, 0.3) is 0 Å². The predicted molar refractivity (Wildman–Crippen MR) is 127 cm³/mol. The highest BCUT2D eigenvalue weighted by atomic mass is 32.2. The van der Waals surface area contributed by atoms with Crippen LogP contribution in [-0.2, 0) is 9.37 Å². The van der Waals surface area contributed by atoms with Gasteiger partial charge in [0, 0.05) is 25.2 Å². The average molecular weight is 478 g/mol. The van der Waals surface area contributed by atoms with Gasteiger partial charge >= 0.3 is 0 Å². The van der Waals surface area contributed by atoms with Crippen LogP contribution in [0.4, 0.5) is 22.2 Å². The molecule has 0 aliphatic rings. The number of methoxy groups -OCH3 is 1. The van der Waals surface area contributed by atoms with Crippen molar-refractivity contribution >= 4 is 55.8 Å². The highest BCUT2D eigenvalue weighted by Gasteiger charge is 2.17. The second-order valence-corrected chi connectivity index (χ2v) is 8.58. The van der Waals surface area contributed by atoms with Crippen LogP contribution >= 0.6 is 23.4 Å². The molecule has 172 valence electrons. The summed E-state index contributed by atoms with van der Waals surface area (Å²) in [6.45, 7) is 6.02. The van der Waals surface area contributed by atoms with Gasteiger partial charge in [-0.1, -0.05) is 30.2 Å². The van der Waals surface area contributed by atoms with Crippen LogP contribution in [-0.4, -0.2) is 30.4 Å². The number of azo groups is 1. The maximum Gasteiger partial charge on any atom is 0.231 e. The zero-order valence-corrected chi connectivity index (χ0v) is 19.9. The van der Waals surface area contributed by atoms with Crippen molar-refractivity contribution in [1.29, 1.82) is 0 Å². The summed E-state index contributed by atoms with van der Waals surface area (Å²) in [5, 5.41) is 23.5. The van der Waals surface area contributed by atoms with Crippen molar-refractivity contribution in [2.24, 2.45) is 10.2 Å². The number of hydrogen-bond acceptors (Lipinski definition) is 10. The molecule has 0 unspecified atom stereocenters. The lowest BCUT2D eigenvalue weighted by Crippen LogP contribution is -2.69. The molecule has 3 aromatic rings. The van der Waals surface area contributed by atoms with Gasteiger partial charge in [0.2, 0.25) is 5.13 Å². The molecule has 0 saturated carbocycles. The van der Waals surface area contributed by atoms with Gasteiger partial charge in [-0.3, -0.25) is 0 Å². The third kappa shape index (κ3) is 5.94. The zero-order chi connectivity index (χ0) is 22.9. The Morgan fingerprint density at radius 1 is 1.19 bits per heavy atom. The molecule has 0 spiro atoms. The lowest BCUT2D eigenvalue weighted by atomic mass is 10.2. The van der Waals surface area contributed by atoms with E-state index in [2.05, 4.69) is 46.0 Å². The average Bonchev–Trinajstić information content (AvgIpc) is 3.23. The second kappa shape index (κ2) is 12.1. The number of fused-ring (bicyclic) bond motifs is 1. The van der Waals surface area contributed by atoms with Gasteiger partial charge in [0.15, 0.2) is 0 Å². The van der Waals surface area contributed by atoms with E-state index in [-0.39, 0.29) is 0 Å². The summed E-state index contributed by atoms with van der Waals surface area (Å²) in [6, 6.07) is 9.60. The van der Waals surface area contributed by atoms with Crippen molar-refractivity contribution in [3.05, 3.63) is 37.4 Å². The SMILES string of the molecule is [CH2-][NH2+]c1ccc2nc(N=Nc3cc(OC)c(N(CCC)CCC)cc3SOOO)sc2c1.